The number of nitrogens with one attached hydrogen (secondary N) is 6. The van der Waals surface area contributed by atoms with Gasteiger partial charge >= 0.3 is 24.0 Å². The monoisotopic (exact) mass is 1260 g/mol. The maximum absolute atomic E-state index is 14.4. The molecule has 0 saturated carbocycles. The molecule has 4 bridgehead atoms. The van der Waals surface area contributed by atoms with E-state index in [1.165, 1.54) is 41.1 Å². The Morgan fingerprint density at radius 1 is 0.989 bits per heavy atom. The molecule has 29 heteroatoms. The molecule has 5 amide bonds. The number of carboxylic acids is 2. The average molecular weight is 1260 g/mol. The second-order valence-corrected chi connectivity index (χ2v) is 24.6. The number of allylic oxidation sites excluding steroid dienone is 3. The van der Waals surface area contributed by atoms with Gasteiger partial charge < -0.3 is 66.2 Å². The maximum Gasteiger partial charge on any atom is 0.409 e. The number of amides is 5. The first-order chi connectivity index (χ1) is 41.8. The van der Waals surface area contributed by atoms with Gasteiger partial charge in [0.15, 0.2) is 16.9 Å². The predicted molar refractivity (Wildman–Crippen MR) is 327 cm³/mol. The van der Waals surface area contributed by atoms with E-state index in [1.54, 1.807) is 71.2 Å². The lowest BCUT2D eigenvalue weighted by Crippen LogP contribution is -2.63. The zero-order valence-corrected chi connectivity index (χ0v) is 51.2. The molecule has 27 nitrogen and oxygen atoms in total. The molecule has 9 atom stereocenters. The first kappa shape index (κ1) is 67.1. The van der Waals surface area contributed by atoms with Crippen LogP contribution in [0.25, 0.3) is 17.2 Å². The van der Waals surface area contributed by atoms with Crippen LogP contribution in [0.5, 0.6) is 0 Å². The third kappa shape index (κ3) is 17.9. The van der Waals surface area contributed by atoms with Crippen LogP contribution in [-0.2, 0) is 60.7 Å². The third-order valence-electron chi connectivity index (χ3n) is 14.9. The number of aromatic nitrogens is 4. The van der Waals surface area contributed by atoms with Crippen molar-refractivity contribution in [3.05, 3.63) is 111 Å². The number of hydrogen-bond donors (Lipinski definition) is 10. The first-order valence-corrected chi connectivity index (χ1v) is 30.7. The van der Waals surface area contributed by atoms with Crippen LogP contribution in [0, 0.1) is 11.8 Å². The fourth-order valence-corrected chi connectivity index (χ4v) is 12.0. The Bertz CT molecular complexity index is 3420. The van der Waals surface area contributed by atoms with Crippen molar-refractivity contribution in [3.8, 4) is 0 Å². The van der Waals surface area contributed by atoms with Gasteiger partial charge in [-0.25, -0.2) is 24.4 Å². The number of anilines is 3. The summed E-state index contributed by atoms with van der Waals surface area (Å²) in [7, 11) is 5.38. The van der Waals surface area contributed by atoms with Crippen molar-refractivity contribution in [2.75, 3.05) is 48.2 Å². The molecule has 0 aliphatic carbocycles. The molecule has 4 aromatic rings. The number of rotatable bonds is 23. The Balaban J connectivity index is 0.884. The second-order valence-electron chi connectivity index (χ2n) is 22.0. The van der Waals surface area contributed by atoms with Crippen LogP contribution < -0.4 is 42.8 Å². The topological polar surface area (TPSA) is 398 Å². The minimum Gasteiger partial charge on any atom is -0.480 e. The van der Waals surface area contributed by atoms with E-state index in [9.17, 15) is 58.5 Å². The SMILES string of the molecule is CO[C@@H]1/C=C/C=C(\C)Cc2ccc(/C=C/CNC(=O)CCSSC[C@H](NC(=O)CC[C@H](NC(=O)c3ccc(NCc4cnc5nc(N)[nH]c(=O)c5n4)cc3)C(=O)O)C(=O)O)c(c2)N(C)C(=O)C[C@H](OC(=O)C(C)C)[C@]2(C)O[C@H]2[C@H](C)[C@@H]2C[C@@]1(O)NC(=O)O2. The Kier molecular flexibility index (Phi) is 22.9. The lowest BCUT2D eigenvalue weighted by atomic mass is 9.83. The molecule has 88 heavy (non-hydrogen) atoms. The van der Waals surface area contributed by atoms with Crippen molar-refractivity contribution in [2.24, 2.45) is 11.8 Å². The largest absolute Gasteiger partial charge is 0.480 e. The highest BCUT2D eigenvalue weighted by molar-refractivity contribution is 8.76. The van der Waals surface area contributed by atoms with Gasteiger partial charge in [0, 0.05) is 68.6 Å². The van der Waals surface area contributed by atoms with Crippen molar-refractivity contribution in [1.82, 2.24) is 41.2 Å². The van der Waals surface area contributed by atoms with Gasteiger partial charge in [-0.15, -0.1) is 0 Å². The number of ether oxygens (including phenoxy) is 4. The van der Waals surface area contributed by atoms with Crippen LogP contribution in [-0.4, -0.2) is 163 Å². The van der Waals surface area contributed by atoms with Gasteiger partial charge in [-0.3, -0.25) is 39.1 Å². The van der Waals surface area contributed by atoms with Gasteiger partial charge in [0.25, 0.3) is 11.5 Å². The van der Waals surface area contributed by atoms with Crippen LogP contribution in [0.4, 0.5) is 22.1 Å². The average Bonchev–Trinajstić information content (AvgIpc) is 1.72. The number of alkyl carbamates (subject to hydrolysis) is 1. The normalized spacial score (nSPS) is 23.7. The second kappa shape index (κ2) is 30.0. The molecule has 2 fully saturated rings. The summed E-state index contributed by atoms with van der Waals surface area (Å²) in [6, 6.07) is 8.85. The molecule has 2 saturated heterocycles. The van der Waals surface area contributed by atoms with E-state index in [4.69, 9.17) is 24.7 Å². The molecule has 0 unspecified atom stereocenters. The molecule has 3 aliphatic heterocycles. The van der Waals surface area contributed by atoms with Gasteiger partial charge in [0.05, 0.1) is 42.6 Å². The lowest BCUT2D eigenvalue weighted by Gasteiger charge is -2.42. The molecule has 5 heterocycles. The van der Waals surface area contributed by atoms with Crippen LogP contribution in [0.3, 0.4) is 0 Å². The van der Waals surface area contributed by atoms with E-state index in [0.717, 1.165) is 21.9 Å². The van der Waals surface area contributed by atoms with Crippen LogP contribution in [0.2, 0.25) is 0 Å². The summed E-state index contributed by atoms with van der Waals surface area (Å²) in [5.74, 6) is -6.37. The zero-order chi connectivity index (χ0) is 64.0. The van der Waals surface area contributed by atoms with Gasteiger partial charge in [-0.05, 0) is 68.1 Å². The fraction of sp³-hybridized carbons (Fsp3) is 0.458. The number of H-pyrrole nitrogens is 1. The van der Waals surface area contributed by atoms with Crippen LogP contribution in [0.15, 0.2) is 83.3 Å². The molecule has 11 N–H and O–H groups in total. The number of epoxide rings is 1. The van der Waals surface area contributed by atoms with Crippen molar-refractivity contribution in [3.63, 3.8) is 0 Å². The molecule has 472 valence electrons. The summed E-state index contributed by atoms with van der Waals surface area (Å²) in [5, 5.41) is 44.7. The highest BCUT2D eigenvalue weighted by Gasteiger charge is 2.64. The van der Waals surface area contributed by atoms with Crippen molar-refractivity contribution >= 4 is 104 Å². The van der Waals surface area contributed by atoms with Gasteiger partial charge in [0.2, 0.25) is 23.7 Å². The predicted octanol–water partition coefficient (Wildman–Crippen LogP) is 4.02. The number of aliphatic carboxylic acids is 2. The summed E-state index contributed by atoms with van der Waals surface area (Å²) < 4.78 is 23.6. The number of nitrogens with two attached hydrogens (primary N) is 1. The summed E-state index contributed by atoms with van der Waals surface area (Å²) in [4.78, 5) is 132. The minimum atomic E-state index is -1.84. The number of methoxy groups -OCH3 is 1. The van der Waals surface area contributed by atoms with Gasteiger partial charge in [0.1, 0.15) is 36.0 Å². The number of nitrogens with zero attached hydrogens (tertiary/aromatic N) is 4. The van der Waals surface area contributed by atoms with E-state index in [0.29, 0.717) is 29.1 Å². The number of fused-ring (bicyclic) bond motifs is 6. The lowest BCUT2D eigenvalue weighted by molar-refractivity contribution is -0.157. The number of hydrogen-bond acceptors (Lipinski definition) is 21. The van der Waals surface area contributed by atoms with Gasteiger partial charge in [-0.2, -0.15) is 4.98 Å². The van der Waals surface area contributed by atoms with Crippen molar-refractivity contribution in [1.29, 1.82) is 0 Å². The molecule has 2 aromatic heterocycles. The number of benzene rings is 2. The third-order valence-corrected chi connectivity index (χ3v) is 17.3. The van der Waals surface area contributed by atoms with E-state index in [1.807, 2.05) is 31.2 Å². The summed E-state index contributed by atoms with van der Waals surface area (Å²) in [6.45, 7) is 9.09. The number of carbonyl (C=O) groups is 8. The fourth-order valence-electron chi connectivity index (χ4n) is 9.84. The molecular weight excluding hydrogens is 1180 g/mol. The Morgan fingerprint density at radius 2 is 1.73 bits per heavy atom. The number of carbonyl (C=O) groups excluding carboxylic acids is 6. The van der Waals surface area contributed by atoms with Crippen molar-refractivity contribution in [2.45, 2.75) is 128 Å². The van der Waals surface area contributed by atoms with Crippen LogP contribution in [0.1, 0.15) is 93.9 Å². The maximum atomic E-state index is 14.4. The molecule has 2 aromatic carbocycles. The molecule has 7 rings (SSSR count). The smallest absolute Gasteiger partial charge is 0.409 e. The standard InChI is InChI=1S/C59H73N11O16S2/c1-31(2)55(80)85-44-26-47(73)70(6)41-25-34(24-32(3)10-8-12-43(83-7)59(82)27-42(84-57(81)69-59)33(4)49-58(44,5)86-49)13-14-35(41)11-9-22-61-45(71)21-23-87-88-30-40(54(78)79)65-46(72)20-19-39(53(76)77)66-51(74)36-15-17-37(18-16-36)62-28-38-29-63-50-48(64-38)52(75)68-56(60)67-50/h8-18,25,29,31,33,39-40,42-44,49,62,82H,19-24,26-28,30H2,1-7H3,(H,61,71)(H,65,72)(H,66,74)(H,69,81)(H,76,77)(H,78,79)(H3,60,63,67,68,75)/b11-9+,12-8+,32-10+/t33-,39+,40+,42+,43-,44+,49+,58+,59+/m1/s1. The van der Waals surface area contributed by atoms with Crippen LogP contribution >= 0.6 is 21.6 Å². The Hall–Kier alpha value is -8.38. The zero-order valence-electron chi connectivity index (χ0n) is 49.5. The first-order valence-electron chi connectivity index (χ1n) is 28.2. The number of esters is 1. The van der Waals surface area contributed by atoms with E-state index < -0.39 is 113 Å². The number of carboxylic acid groups (broad SMARTS) is 2. The highest BCUT2D eigenvalue weighted by atomic mass is 33.1. The van der Waals surface area contributed by atoms with E-state index in [-0.39, 0.29) is 78.9 Å². The Morgan fingerprint density at radius 3 is 2.43 bits per heavy atom. The van der Waals surface area contributed by atoms with E-state index in [2.05, 4.69) is 46.5 Å². The Labute approximate surface area is 514 Å². The van der Waals surface area contributed by atoms with E-state index >= 15 is 0 Å². The van der Waals surface area contributed by atoms with Gasteiger partial charge in [-0.1, -0.05) is 90.4 Å². The number of aromatic amines is 1. The molecule has 3 aliphatic rings. The summed E-state index contributed by atoms with van der Waals surface area (Å²) in [6.07, 6.45) is 5.25. The summed E-state index contributed by atoms with van der Waals surface area (Å²) >= 11 is 0. The molecular formula is C59H73N11O16S2. The quantitative estimate of drug-likeness (QED) is 0.0217. The number of aliphatic hydroxyl groups is 1. The molecule has 0 radical (unpaired) electrons. The summed E-state index contributed by atoms with van der Waals surface area (Å²) in [5.41, 5.74) is 6.16. The minimum absolute atomic E-state index is 0.0107. The number of nitrogen functional groups attached to an aromatic ring is 1. The highest BCUT2D eigenvalue weighted by Crippen LogP contribution is 2.49. The molecule has 0 spiro atoms. The van der Waals surface area contributed by atoms with Crippen molar-refractivity contribution < 1.29 is 72.6 Å².